The number of benzene rings is 1. The quantitative estimate of drug-likeness (QED) is 0.882. The summed E-state index contributed by atoms with van der Waals surface area (Å²) in [5, 5.41) is 3.58. The maximum Gasteiger partial charge on any atom is 0.253 e. The van der Waals surface area contributed by atoms with Crippen molar-refractivity contribution in [3.05, 3.63) is 33.8 Å². The van der Waals surface area contributed by atoms with Crippen LogP contribution in [0.1, 0.15) is 23.2 Å². The van der Waals surface area contributed by atoms with E-state index in [0.717, 1.165) is 25.9 Å². The van der Waals surface area contributed by atoms with Crippen LogP contribution in [0.4, 0.5) is 0 Å². The van der Waals surface area contributed by atoms with Crippen LogP contribution in [-0.2, 0) is 4.79 Å². The average molecular weight is 330 g/mol. The number of primary amides is 1. The van der Waals surface area contributed by atoms with Gasteiger partial charge in [-0.25, -0.2) is 0 Å². The molecule has 1 saturated heterocycles. The van der Waals surface area contributed by atoms with E-state index in [1.807, 2.05) is 4.90 Å². The van der Waals surface area contributed by atoms with Crippen LogP contribution in [0.2, 0.25) is 10.0 Å². The highest BCUT2D eigenvalue weighted by Crippen LogP contribution is 2.25. The summed E-state index contributed by atoms with van der Waals surface area (Å²) in [7, 11) is 0. The number of piperidine rings is 1. The van der Waals surface area contributed by atoms with Crippen LogP contribution in [0.3, 0.4) is 0 Å². The second-order valence-electron chi connectivity index (χ2n) is 5.09. The number of halogens is 2. The summed E-state index contributed by atoms with van der Waals surface area (Å²) >= 11 is 11.9. The van der Waals surface area contributed by atoms with Crippen molar-refractivity contribution in [2.45, 2.75) is 18.9 Å². The molecule has 0 saturated carbocycles. The number of carbonyl (C=O) groups is 2. The first-order valence-electron chi connectivity index (χ1n) is 6.73. The predicted molar refractivity (Wildman–Crippen MR) is 82.6 cm³/mol. The molecule has 0 radical (unpaired) electrons. The largest absolute Gasteiger partial charge is 0.369 e. The van der Waals surface area contributed by atoms with Crippen molar-refractivity contribution in [1.29, 1.82) is 0 Å². The van der Waals surface area contributed by atoms with E-state index in [1.165, 1.54) is 0 Å². The van der Waals surface area contributed by atoms with E-state index in [1.54, 1.807) is 18.2 Å². The molecule has 0 aliphatic carbocycles. The minimum absolute atomic E-state index is 0.0664. The first kappa shape index (κ1) is 16.1. The zero-order valence-corrected chi connectivity index (χ0v) is 13.0. The van der Waals surface area contributed by atoms with E-state index in [4.69, 9.17) is 28.9 Å². The van der Waals surface area contributed by atoms with E-state index in [9.17, 15) is 9.59 Å². The number of nitrogens with one attached hydrogen (secondary N) is 1. The Hall–Kier alpha value is -1.30. The van der Waals surface area contributed by atoms with Gasteiger partial charge in [0.2, 0.25) is 5.91 Å². The van der Waals surface area contributed by atoms with E-state index in [2.05, 4.69) is 5.32 Å². The van der Waals surface area contributed by atoms with Gasteiger partial charge in [0.1, 0.15) is 0 Å². The maximum absolute atomic E-state index is 12.2. The fourth-order valence-corrected chi connectivity index (χ4v) is 2.78. The third kappa shape index (κ3) is 4.33. The van der Waals surface area contributed by atoms with E-state index in [-0.39, 0.29) is 29.4 Å². The molecule has 0 aromatic heterocycles. The molecule has 1 heterocycles. The lowest BCUT2D eigenvalue weighted by Crippen LogP contribution is -2.46. The second-order valence-corrected chi connectivity index (χ2v) is 5.88. The third-order valence-electron chi connectivity index (χ3n) is 3.50. The van der Waals surface area contributed by atoms with Gasteiger partial charge in [-0.2, -0.15) is 0 Å². The fourth-order valence-electron chi connectivity index (χ4n) is 2.40. The normalized spacial score (nSPS) is 16.7. The summed E-state index contributed by atoms with van der Waals surface area (Å²) in [6.07, 6.45) is 1.55. The van der Waals surface area contributed by atoms with Crippen LogP contribution >= 0.6 is 23.2 Å². The Morgan fingerprint density at radius 3 is 2.57 bits per heavy atom. The number of carbonyl (C=O) groups excluding carboxylic acids is 2. The number of amides is 2. The molecule has 1 aromatic carbocycles. The Labute approximate surface area is 133 Å². The fraction of sp³-hybridized carbons (Fsp3) is 0.429. The number of rotatable bonds is 4. The van der Waals surface area contributed by atoms with Crippen molar-refractivity contribution in [3.8, 4) is 0 Å². The molecule has 0 bridgehead atoms. The number of hydrogen-bond donors (Lipinski definition) is 2. The first-order chi connectivity index (χ1) is 9.97. The molecular formula is C14H17Cl2N3O2. The van der Waals surface area contributed by atoms with Gasteiger partial charge in [0.15, 0.2) is 0 Å². The highest BCUT2D eigenvalue weighted by atomic mass is 35.5. The number of nitrogens with zero attached hydrogens (tertiary/aromatic N) is 1. The highest BCUT2D eigenvalue weighted by Gasteiger charge is 2.22. The number of likely N-dealkylation sites (tertiary alicyclic amines) is 1. The summed E-state index contributed by atoms with van der Waals surface area (Å²) < 4.78 is 0. The smallest absolute Gasteiger partial charge is 0.253 e. The van der Waals surface area contributed by atoms with Crippen molar-refractivity contribution in [1.82, 2.24) is 10.2 Å². The van der Waals surface area contributed by atoms with Crippen LogP contribution in [0, 0.1) is 0 Å². The lowest BCUT2D eigenvalue weighted by molar-refractivity contribution is -0.119. The molecule has 114 valence electrons. The molecule has 3 N–H and O–H groups in total. The minimum atomic E-state index is -0.330. The zero-order valence-electron chi connectivity index (χ0n) is 11.4. The number of nitrogens with two attached hydrogens (primary N) is 1. The van der Waals surface area contributed by atoms with Gasteiger partial charge in [-0.3, -0.25) is 14.5 Å². The molecule has 0 spiro atoms. The van der Waals surface area contributed by atoms with Gasteiger partial charge in [0.05, 0.1) is 22.2 Å². The van der Waals surface area contributed by atoms with Gasteiger partial charge in [-0.15, -0.1) is 0 Å². The zero-order chi connectivity index (χ0) is 15.4. The Bertz CT molecular complexity index is 543. The molecule has 7 heteroatoms. The summed E-state index contributed by atoms with van der Waals surface area (Å²) in [5.41, 5.74) is 5.55. The summed E-state index contributed by atoms with van der Waals surface area (Å²) in [5.74, 6) is -0.556. The summed E-state index contributed by atoms with van der Waals surface area (Å²) in [6.45, 7) is 1.73. The van der Waals surface area contributed by atoms with Crippen molar-refractivity contribution in [2.24, 2.45) is 5.73 Å². The van der Waals surface area contributed by atoms with Gasteiger partial charge in [0, 0.05) is 19.1 Å². The monoisotopic (exact) mass is 329 g/mol. The molecule has 0 atom stereocenters. The average Bonchev–Trinajstić information content (AvgIpc) is 2.43. The van der Waals surface area contributed by atoms with Gasteiger partial charge < -0.3 is 11.1 Å². The molecule has 0 unspecified atom stereocenters. The molecule has 1 fully saturated rings. The van der Waals surface area contributed by atoms with Crippen molar-refractivity contribution < 1.29 is 9.59 Å². The van der Waals surface area contributed by atoms with E-state index < -0.39 is 0 Å². The molecular weight excluding hydrogens is 313 g/mol. The van der Waals surface area contributed by atoms with Gasteiger partial charge >= 0.3 is 0 Å². The minimum Gasteiger partial charge on any atom is -0.369 e. The SMILES string of the molecule is NC(=O)CN1CCC(NC(=O)c2cccc(Cl)c2Cl)CC1. The van der Waals surface area contributed by atoms with Crippen LogP contribution in [0.15, 0.2) is 18.2 Å². The Balaban J connectivity index is 1.90. The lowest BCUT2D eigenvalue weighted by atomic mass is 10.0. The van der Waals surface area contributed by atoms with E-state index >= 15 is 0 Å². The summed E-state index contributed by atoms with van der Waals surface area (Å²) in [6, 6.07) is 5.05. The van der Waals surface area contributed by atoms with Crippen molar-refractivity contribution in [2.75, 3.05) is 19.6 Å². The first-order valence-corrected chi connectivity index (χ1v) is 7.48. The lowest BCUT2D eigenvalue weighted by Gasteiger charge is -2.31. The van der Waals surface area contributed by atoms with Gasteiger partial charge in [-0.05, 0) is 25.0 Å². The Morgan fingerprint density at radius 2 is 1.95 bits per heavy atom. The van der Waals surface area contributed by atoms with Crippen molar-refractivity contribution >= 4 is 35.0 Å². The van der Waals surface area contributed by atoms with Crippen LogP contribution < -0.4 is 11.1 Å². The molecule has 1 aromatic rings. The van der Waals surface area contributed by atoms with Gasteiger partial charge in [0.25, 0.3) is 5.91 Å². The summed E-state index contributed by atoms with van der Waals surface area (Å²) in [4.78, 5) is 25.1. The van der Waals surface area contributed by atoms with Crippen LogP contribution in [0.25, 0.3) is 0 Å². The Kier molecular flexibility index (Phi) is 5.45. The number of hydrogen-bond acceptors (Lipinski definition) is 3. The van der Waals surface area contributed by atoms with Gasteiger partial charge in [-0.1, -0.05) is 29.3 Å². The topological polar surface area (TPSA) is 75.4 Å². The molecule has 21 heavy (non-hydrogen) atoms. The highest BCUT2D eigenvalue weighted by molar-refractivity contribution is 6.43. The third-order valence-corrected chi connectivity index (χ3v) is 4.32. The molecule has 1 aliphatic rings. The molecule has 2 rings (SSSR count). The van der Waals surface area contributed by atoms with Crippen LogP contribution in [-0.4, -0.2) is 42.4 Å². The predicted octanol–water partition coefficient (Wildman–Crippen LogP) is 1.67. The maximum atomic E-state index is 12.2. The van der Waals surface area contributed by atoms with Crippen molar-refractivity contribution in [3.63, 3.8) is 0 Å². The standard InChI is InChI=1S/C14H17Cl2N3O2/c15-11-3-1-2-10(13(11)16)14(21)18-9-4-6-19(7-5-9)8-12(17)20/h1-3,9H,4-8H2,(H2,17,20)(H,18,21). The molecule has 1 aliphatic heterocycles. The molecule has 5 nitrogen and oxygen atoms in total. The van der Waals surface area contributed by atoms with E-state index in [0.29, 0.717) is 10.6 Å². The van der Waals surface area contributed by atoms with Crippen LogP contribution in [0.5, 0.6) is 0 Å². The second kappa shape index (κ2) is 7.11. The molecule has 2 amide bonds. The Morgan fingerprint density at radius 1 is 1.29 bits per heavy atom.